The molecule has 4 aliphatic carbocycles. The molecule has 0 spiro atoms. The zero-order valence-corrected chi connectivity index (χ0v) is 34.3. The number of carbonyl (C=O) groups is 2. The molecule has 2 saturated heterocycles. The van der Waals surface area contributed by atoms with Crippen LogP contribution in [0.1, 0.15) is 78.1 Å². The van der Waals surface area contributed by atoms with E-state index in [0.717, 1.165) is 86.6 Å². The van der Waals surface area contributed by atoms with E-state index in [2.05, 4.69) is 4.90 Å². The molecule has 304 valence electrons. The second-order valence-corrected chi connectivity index (χ2v) is 20.3. The first-order valence-corrected chi connectivity index (χ1v) is 22.9. The molecule has 0 radical (unpaired) electrons. The zero-order valence-electron chi connectivity index (χ0n) is 33.5. The summed E-state index contributed by atoms with van der Waals surface area (Å²) in [4.78, 5) is 33.9. The number of benzene rings is 3. The molecule has 10 nitrogen and oxygen atoms in total. The largest absolute Gasteiger partial charge is 0.490 e. The summed E-state index contributed by atoms with van der Waals surface area (Å²) in [5.74, 6) is 4.46. The molecule has 11 heteroatoms. The molecule has 3 heterocycles. The monoisotopic (exact) mass is 794 g/mol. The normalized spacial score (nSPS) is 26.1. The first kappa shape index (κ1) is 38.4. The predicted molar refractivity (Wildman–Crippen MR) is 221 cm³/mol. The minimum absolute atomic E-state index is 0.0512. The average Bonchev–Trinajstić information content (AvgIpc) is 3.67. The Bertz CT molecular complexity index is 2200. The highest BCUT2D eigenvalue weighted by molar-refractivity contribution is 7.90. The number of carbonyl (C=O) groups excluding carboxylic acids is 2. The zero-order chi connectivity index (χ0) is 39.5. The molecule has 6 aliphatic rings. The summed E-state index contributed by atoms with van der Waals surface area (Å²) in [6, 6.07) is 19.6. The number of ether oxygens (including phenoxy) is 1. The van der Waals surface area contributed by atoms with E-state index in [9.17, 15) is 23.1 Å². The van der Waals surface area contributed by atoms with E-state index in [0.29, 0.717) is 47.5 Å². The predicted octanol–water partition coefficient (Wildman–Crippen LogP) is 7.77. The van der Waals surface area contributed by atoms with Gasteiger partial charge in [-0.25, -0.2) is 17.2 Å². The highest BCUT2D eigenvalue weighted by Crippen LogP contribution is 2.60. The number of aliphatic hydroxyl groups is 1. The Morgan fingerprint density at radius 2 is 1.42 bits per heavy atom. The molecule has 3 amide bonds. The Labute approximate surface area is 337 Å². The minimum atomic E-state index is -3.88. The molecule has 4 aromatic rings. The topological polar surface area (TPSA) is 112 Å². The van der Waals surface area contributed by atoms with Crippen molar-refractivity contribution in [2.45, 2.75) is 95.1 Å². The third-order valence-corrected chi connectivity index (χ3v) is 16.1. The molecule has 2 aliphatic heterocycles. The lowest BCUT2D eigenvalue weighted by Gasteiger charge is -2.57. The molecular weight excluding hydrogens is 737 g/mol. The van der Waals surface area contributed by atoms with Crippen LogP contribution in [-0.4, -0.2) is 95.6 Å². The molecule has 10 rings (SSSR count). The fraction of sp³-hybridized carbons (Fsp3) is 0.565. The fourth-order valence-corrected chi connectivity index (χ4v) is 13.3. The Kier molecular flexibility index (Phi) is 10.3. The van der Waals surface area contributed by atoms with Gasteiger partial charge in [-0.1, -0.05) is 36.4 Å². The molecule has 3 aromatic carbocycles. The molecule has 4 saturated carbocycles. The summed E-state index contributed by atoms with van der Waals surface area (Å²) in [5, 5.41) is 13.6. The van der Waals surface area contributed by atoms with Gasteiger partial charge in [0, 0.05) is 43.8 Å². The number of fused-ring (bicyclic) bond motifs is 2. The third-order valence-electron chi connectivity index (χ3n) is 14.4. The quantitative estimate of drug-likeness (QED) is 0.176. The number of aliphatic hydroxyl groups excluding tert-OH is 1. The number of amides is 3. The van der Waals surface area contributed by atoms with Crippen molar-refractivity contribution in [3.63, 3.8) is 0 Å². The van der Waals surface area contributed by atoms with Crippen molar-refractivity contribution in [3.8, 4) is 5.75 Å². The Hall–Kier alpha value is -4.09. The van der Waals surface area contributed by atoms with E-state index in [-0.39, 0.29) is 35.5 Å². The summed E-state index contributed by atoms with van der Waals surface area (Å²) in [6.45, 7) is 7.18. The van der Waals surface area contributed by atoms with Gasteiger partial charge in [0.1, 0.15) is 18.5 Å². The van der Waals surface area contributed by atoms with Crippen molar-refractivity contribution in [3.05, 3.63) is 72.9 Å². The lowest BCUT2D eigenvalue weighted by atomic mass is 9.49. The lowest BCUT2D eigenvalue weighted by Crippen LogP contribution is -2.56. The van der Waals surface area contributed by atoms with Crippen LogP contribution >= 0.6 is 0 Å². The van der Waals surface area contributed by atoms with Gasteiger partial charge < -0.3 is 24.5 Å². The highest BCUT2D eigenvalue weighted by atomic mass is 32.2. The first-order valence-electron chi connectivity index (χ1n) is 21.5. The number of likely N-dealkylation sites (tertiary alicyclic amines) is 2. The number of urea groups is 1. The number of aromatic nitrogens is 1. The second kappa shape index (κ2) is 15.3. The van der Waals surface area contributed by atoms with Crippen LogP contribution in [0.25, 0.3) is 21.7 Å². The van der Waals surface area contributed by atoms with E-state index in [1.807, 2.05) is 49.1 Å². The molecule has 1 unspecified atom stereocenters. The van der Waals surface area contributed by atoms with Crippen LogP contribution in [-0.2, 0) is 14.8 Å². The number of nitrogens with zero attached hydrogens (tertiary/aromatic N) is 4. The second-order valence-electron chi connectivity index (χ2n) is 18.5. The standard InChI is InChI=1S/C46H58N4O6S/c1-31(2)49(29-39(51)30-56-43-9-5-8-42-41(43)16-21-50(42)57(54,55)40-11-10-35-6-3-4-7-38(35)25-40)45(53)48-19-14-37(15-20-48)36-12-17-47(18-13-36)44(52)46-26-32-22-33(27-46)24-34(23-32)28-46/h3-11,16,21,25,31-34,36-37,39,51H,12-15,17-20,22-24,26-30H2,1-2H3. The van der Waals surface area contributed by atoms with Gasteiger partial charge in [-0.15, -0.1) is 0 Å². The maximum atomic E-state index is 14.0. The molecule has 1 atom stereocenters. The molecular formula is C46H58N4O6S. The van der Waals surface area contributed by atoms with Crippen LogP contribution in [0.15, 0.2) is 77.8 Å². The SMILES string of the molecule is CC(C)N(CC(O)COc1cccc2c1ccn2S(=O)(=O)c1ccc2ccccc2c1)C(=O)N1CCC(C2CCN(C(=O)C34CC5CC(CC(C5)C3)C4)CC2)CC1. The summed E-state index contributed by atoms with van der Waals surface area (Å²) in [7, 11) is -3.88. The van der Waals surface area contributed by atoms with Crippen LogP contribution in [0, 0.1) is 35.0 Å². The maximum Gasteiger partial charge on any atom is 0.320 e. The van der Waals surface area contributed by atoms with Crippen LogP contribution in [0.5, 0.6) is 5.75 Å². The van der Waals surface area contributed by atoms with Gasteiger partial charge in [0.15, 0.2) is 0 Å². The van der Waals surface area contributed by atoms with E-state index in [1.54, 1.807) is 41.3 Å². The Balaban J connectivity index is 0.770. The number of hydrogen-bond donors (Lipinski definition) is 1. The van der Waals surface area contributed by atoms with Crippen molar-refractivity contribution in [2.24, 2.45) is 35.0 Å². The minimum Gasteiger partial charge on any atom is -0.490 e. The van der Waals surface area contributed by atoms with Gasteiger partial charge in [-0.3, -0.25) is 4.79 Å². The number of piperidine rings is 2. The van der Waals surface area contributed by atoms with Crippen molar-refractivity contribution < 1.29 is 27.9 Å². The maximum absolute atomic E-state index is 14.0. The first-order chi connectivity index (χ1) is 27.5. The van der Waals surface area contributed by atoms with E-state index in [4.69, 9.17) is 4.74 Å². The number of rotatable bonds is 10. The van der Waals surface area contributed by atoms with E-state index in [1.165, 1.54) is 29.4 Å². The van der Waals surface area contributed by atoms with Crippen LogP contribution < -0.4 is 4.74 Å². The van der Waals surface area contributed by atoms with Crippen molar-refractivity contribution in [1.82, 2.24) is 18.7 Å². The highest BCUT2D eigenvalue weighted by Gasteiger charge is 2.55. The Morgan fingerprint density at radius 1 is 0.807 bits per heavy atom. The fourth-order valence-electron chi connectivity index (χ4n) is 11.9. The van der Waals surface area contributed by atoms with Gasteiger partial charge >= 0.3 is 6.03 Å². The molecule has 4 bridgehead atoms. The van der Waals surface area contributed by atoms with Crippen LogP contribution in [0.2, 0.25) is 0 Å². The smallest absolute Gasteiger partial charge is 0.320 e. The third kappa shape index (κ3) is 7.32. The molecule has 1 aromatic heterocycles. The lowest BCUT2D eigenvalue weighted by molar-refractivity contribution is -0.159. The summed E-state index contributed by atoms with van der Waals surface area (Å²) >= 11 is 0. The van der Waals surface area contributed by atoms with Crippen LogP contribution in [0.4, 0.5) is 4.79 Å². The number of hydrogen-bond acceptors (Lipinski definition) is 6. The van der Waals surface area contributed by atoms with Gasteiger partial charge in [-0.05, 0) is 149 Å². The van der Waals surface area contributed by atoms with Gasteiger partial charge in [0.05, 0.1) is 22.4 Å². The molecule has 57 heavy (non-hydrogen) atoms. The summed E-state index contributed by atoms with van der Waals surface area (Å²) in [6.07, 6.45) is 12.1. The van der Waals surface area contributed by atoms with Gasteiger partial charge in [0.2, 0.25) is 5.91 Å². The summed E-state index contributed by atoms with van der Waals surface area (Å²) in [5.41, 5.74) is 0.426. The molecule has 6 fully saturated rings. The van der Waals surface area contributed by atoms with Gasteiger partial charge in [0.25, 0.3) is 10.0 Å². The van der Waals surface area contributed by atoms with E-state index >= 15 is 0 Å². The van der Waals surface area contributed by atoms with Crippen molar-refractivity contribution >= 4 is 43.6 Å². The molecule has 1 N–H and O–H groups in total. The van der Waals surface area contributed by atoms with Crippen molar-refractivity contribution in [1.29, 1.82) is 0 Å². The average molecular weight is 795 g/mol. The van der Waals surface area contributed by atoms with E-state index < -0.39 is 16.1 Å². The Morgan fingerprint density at radius 3 is 2.05 bits per heavy atom. The summed E-state index contributed by atoms with van der Waals surface area (Å²) < 4.78 is 34.9. The van der Waals surface area contributed by atoms with Gasteiger partial charge in [-0.2, -0.15) is 0 Å². The van der Waals surface area contributed by atoms with Crippen LogP contribution in [0.3, 0.4) is 0 Å². The van der Waals surface area contributed by atoms with Crippen molar-refractivity contribution in [2.75, 3.05) is 39.3 Å².